The molecule has 8 heteroatoms. The van der Waals surface area contributed by atoms with Crippen LogP contribution in [0.4, 0.5) is 0 Å². The summed E-state index contributed by atoms with van der Waals surface area (Å²) in [7, 11) is -0.468. The summed E-state index contributed by atoms with van der Waals surface area (Å²) in [6, 6.07) is 0. The quantitative estimate of drug-likeness (QED) is 0.457. The van der Waals surface area contributed by atoms with Crippen molar-refractivity contribution in [1.82, 2.24) is 9.97 Å². The smallest absolute Gasteiger partial charge is 0.399 e. The minimum atomic E-state index is -0.468. The third-order valence-electron chi connectivity index (χ3n) is 3.88. The molecule has 1 aliphatic heterocycles. The lowest BCUT2D eigenvalue weighted by Crippen LogP contribution is -2.41. The zero-order valence-electron chi connectivity index (χ0n) is 11.5. The highest BCUT2D eigenvalue weighted by atomic mass is 35.5. The maximum atomic E-state index is 6.08. The first-order valence-electron chi connectivity index (χ1n) is 6.17. The highest BCUT2D eigenvalue weighted by molar-refractivity contribution is 7.22. The van der Waals surface area contributed by atoms with E-state index in [1.807, 2.05) is 33.1 Å². The number of thiophene rings is 1. The molecular weight excluding hydrogens is 318 g/mol. The van der Waals surface area contributed by atoms with E-state index in [0.717, 1.165) is 10.2 Å². The second kappa shape index (κ2) is 4.55. The van der Waals surface area contributed by atoms with Gasteiger partial charge in [0.05, 0.1) is 21.5 Å². The highest BCUT2D eigenvalue weighted by Gasteiger charge is 2.52. The van der Waals surface area contributed by atoms with Gasteiger partial charge in [0.1, 0.15) is 5.15 Å². The lowest BCUT2D eigenvalue weighted by Gasteiger charge is -2.32. The van der Waals surface area contributed by atoms with Crippen LogP contribution in [-0.2, 0) is 9.31 Å². The van der Waals surface area contributed by atoms with E-state index in [2.05, 4.69) is 9.97 Å². The standard InChI is InChI=1S/C12H13BCl2N2O2S/c1-11(2)12(3,4)19-13(18-11)8-7-6(5-20-8)9(14)17-10(15)16-7/h5H,1-4H3. The summed E-state index contributed by atoms with van der Waals surface area (Å²) >= 11 is 13.5. The molecular formula is C12H13BCl2N2O2S. The van der Waals surface area contributed by atoms with Gasteiger partial charge in [-0.15, -0.1) is 11.3 Å². The number of rotatable bonds is 1. The molecule has 4 nitrogen and oxygen atoms in total. The number of aromatic nitrogens is 2. The topological polar surface area (TPSA) is 44.2 Å². The molecule has 0 radical (unpaired) electrons. The molecule has 0 saturated carbocycles. The number of halogens is 2. The van der Waals surface area contributed by atoms with E-state index in [1.165, 1.54) is 11.3 Å². The van der Waals surface area contributed by atoms with E-state index in [1.54, 1.807) is 0 Å². The maximum absolute atomic E-state index is 6.08. The first-order valence-corrected chi connectivity index (χ1v) is 7.80. The molecule has 3 rings (SSSR count). The fraction of sp³-hybridized carbons (Fsp3) is 0.500. The van der Waals surface area contributed by atoms with Crippen LogP contribution in [0.15, 0.2) is 5.38 Å². The first-order chi connectivity index (χ1) is 9.21. The van der Waals surface area contributed by atoms with E-state index in [-0.39, 0.29) is 5.28 Å². The lowest BCUT2D eigenvalue weighted by atomic mass is 9.87. The molecule has 0 N–H and O–H groups in total. The van der Waals surface area contributed by atoms with Crippen LogP contribution in [0.1, 0.15) is 27.7 Å². The molecule has 0 unspecified atom stereocenters. The lowest BCUT2D eigenvalue weighted by molar-refractivity contribution is 0.00578. The zero-order chi connectivity index (χ0) is 14.7. The molecule has 106 valence electrons. The Bertz CT molecular complexity index is 673. The average molecular weight is 331 g/mol. The summed E-state index contributed by atoms with van der Waals surface area (Å²) in [5.74, 6) is 0. The van der Waals surface area contributed by atoms with E-state index < -0.39 is 18.3 Å². The minimum absolute atomic E-state index is 0.124. The molecule has 1 fully saturated rings. The zero-order valence-corrected chi connectivity index (χ0v) is 13.9. The Balaban J connectivity index is 2.09. The molecule has 0 bridgehead atoms. The van der Waals surface area contributed by atoms with Crippen molar-refractivity contribution in [2.75, 3.05) is 0 Å². The normalized spacial score (nSPS) is 20.8. The molecule has 0 atom stereocenters. The Morgan fingerprint density at radius 2 is 1.70 bits per heavy atom. The van der Waals surface area contributed by atoms with Crippen molar-refractivity contribution in [3.8, 4) is 0 Å². The minimum Gasteiger partial charge on any atom is -0.399 e. The predicted octanol–water partition coefficient (Wildman–Crippen LogP) is 3.30. The van der Waals surface area contributed by atoms with Gasteiger partial charge < -0.3 is 9.31 Å². The third kappa shape index (κ3) is 2.14. The van der Waals surface area contributed by atoms with Gasteiger partial charge in [0.2, 0.25) is 5.28 Å². The van der Waals surface area contributed by atoms with Gasteiger partial charge in [-0.2, -0.15) is 0 Å². The van der Waals surface area contributed by atoms with Gasteiger partial charge in [0.25, 0.3) is 0 Å². The Hall–Kier alpha value is -0.395. The molecule has 0 aliphatic carbocycles. The van der Waals surface area contributed by atoms with E-state index in [9.17, 15) is 0 Å². The maximum Gasteiger partial charge on any atom is 0.507 e. The number of hydrogen-bond acceptors (Lipinski definition) is 5. The van der Waals surface area contributed by atoms with Crippen molar-refractivity contribution in [1.29, 1.82) is 0 Å². The Morgan fingerprint density at radius 3 is 2.30 bits per heavy atom. The molecule has 0 amide bonds. The van der Waals surface area contributed by atoms with Gasteiger partial charge in [-0.1, -0.05) is 11.6 Å². The largest absolute Gasteiger partial charge is 0.507 e. The summed E-state index contributed by atoms with van der Waals surface area (Å²) in [5.41, 5.74) is -0.0954. The van der Waals surface area contributed by atoms with Gasteiger partial charge >= 0.3 is 7.12 Å². The molecule has 1 aliphatic rings. The fourth-order valence-corrected chi connectivity index (χ4v) is 3.45. The fourth-order valence-electron chi connectivity index (χ4n) is 2.00. The van der Waals surface area contributed by atoms with Crippen LogP contribution in [0.2, 0.25) is 10.4 Å². The van der Waals surface area contributed by atoms with Crippen molar-refractivity contribution >= 4 is 57.3 Å². The number of fused-ring (bicyclic) bond motifs is 1. The van der Waals surface area contributed by atoms with Crippen LogP contribution < -0.4 is 4.78 Å². The van der Waals surface area contributed by atoms with Crippen LogP contribution in [0, 0.1) is 0 Å². The second-order valence-corrected chi connectivity index (χ2v) is 7.34. The van der Waals surface area contributed by atoms with Gasteiger partial charge in [-0.3, -0.25) is 0 Å². The average Bonchev–Trinajstić information content (AvgIpc) is 2.78. The van der Waals surface area contributed by atoms with Gasteiger partial charge in [0.15, 0.2) is 0 Å². The van der Waals surface area contributed by atoms with Crippen LogP contribution in [-0.4, -0.2) is 28.3 Å². The summed E-state index contributed by atoms with van der Waals surface area (Å²) in [6.45, 7) is 8.05. The first kappa shape index (κ1) is 14.5. The van der Waals surface area contributed by atoms with Crippen LogP contribution in [0.25, 0.3) is 10.9 Å². The molecule has 1 saturated heterocycles. The Labute approximate surface area is 131 Å². The van der Waals surface area contributed by atoms with Gasteiger partial charge in [0, 0.05) is 10.8 Å². The second-order valence-electron chi connectivity index (χ2n) is 5.73. The third-order valence-corrected chi connectivity index (χ3v) is 5.33. The predicted molar refractivity (Wildman–Crippen MR) is 83.2 cm³/mol. The molecule has 2 aromatic rings. The molecule has 3 heterocycles. The van der Waals surface area contributed by atoms with Crippen molar-refractivity contribution in [3.05, 3.63) is 15.8 Å². The van der Waals surface area contributed by atoms with Crippen molar-refractivity contribution in [3.63, 3.8) is 0 Å². The molecule has 0 spiro atoms. The Kier molecular flexibility index (Phi) is 3.31. The van der Waals surface area contributed by atoms with E-state index in [0.29, 0.717) is 10.7 Å². The van der Waals surface area contributed by atoms with Crippen molar-refractivity contribution < 1.29 is 9.31 Å². The summed E-state index contributed by atoms with van der Waals surface area (Å²) < 4.78 is 12.9. The highest BCUT2D eigenvalue weighted by Crippen LogP contribution is 2.38. The Morgan fingerprint density at radius 1 is 1.10 bits per heavy atom. The van der Waals surface area contributed by atoms with Crippen LogP contribution in [0.5, 0.6) is 0 Å². The monoisotopic (exact) mass is 330 g/mol. The van der Waals surface area contributed by atoms with Gasteiger partial charge in [-0.05, 0) is 39.3 Å². The SMILES string of the molecule is CC1(C)OB(c2scc3c(Cl)nc(Cl)nc23)OC1(C)C. The number of hydrogen-bond donors (Lipinski definition) is 0. The molecule has 20 heavy (non-hydrogen) atoms. The van der Waals surface area contributed by atoms with Crippen molar-refractivity contribution in [2.45, 2.75) is 38.9 Å². The van der Waals surface area contributed by atoms with E-state index in [4.69, 9.17) is 32.5 Å². The summed E-state index contributed by atoms with van der Waals surface area (Å²) in [5, 5.41) is 3.14. The number of nitrogens with zero attached hydrogens (tertiary/aromatic N) is 2. The summed E-state index contributed by atoms with van der Waals surface area (Å²) in [4.78, 5) is 8.20. The van der Waals surface area contributed by atoms with Crippen LogP contribution >= 0.6 is 34.5 Å². The van der Waals surface area contributed by atoms with Crippen LogP contribution in [0.3, 0.4) is 0 Å². The molecule has 2 aromatic heterocycles. The molecule has 0 aromatic carbocycles. The van der Waals surface area contributed by atoms with Gasteiger partial charge in [-0.25, -0.2) is 9.97 Å². The van der Waals surface area contributed by atoms with Crippen molar-refractivity contribution in [2.24, 2.45) is 0 Å². The summed E-state index contributed by atoms with van der Waals surface area (Å²) in [6.07, 6.45) is 0. The van der Waals surface area contributed by atoms with E-state index >= 15 is 0 Å².